The molecule has 0 radical (unpaired) electrons. The monoisotopic (exact) mass is 408 g/mol. The minimum absolute atomic E-state index is 0.0462. The molecule has 1 N–H and O–H groups in total. The number of hydrogen-bond donors (Lipinski definition) is 1. The van der Waals surface area contributed by atoms with E-state index in [1.54, 1.807) is 35.0 Å². The van der Waals surface area contributed by atoms with Crippen molar-refractivity contribution in [3.8, 4) is 11.4 Å². The first-order chi connectivity index (χ1) is 14.5. The Labute approximate surface area is 175 Å². The summed E-state index contributed by atoms with van der Waals surface area (Å²) in [6, 6.07) is 14.1. The topological polar surface area (TPSA) is 59.4 Å². The van der Waals surface area contributed by atoms with Crippen LogP contribution in [0.15, 0.2) is 60.9 Å². The molecular formula is C23H25FN4O2. The zero-order valence-electron chi connectivity index (χ0n) is 17.1. The van der Waals surface area contributed by atoms with Gasteiger partial charge in [-0.2, -0.15) is 5.10 Å². The van der Waals surface area contributed by atoms with E-state index < -0.39 is 0 Å². The van der Waals surface area contributed by atoms with Gasteiger partial charge in [0.25, 0.3) is 0 Å². The standard InChI is InChI=1S/C23H25FN4O2/c1-27-22(29)11-17(13-25-12-16-3-9-21(30-2)10-4-16)23(27)18-14-26-28(15-18)20-7-5-19(24)6-8-20/h3-10,14-15,17,23,25H,11-13H2,1-2H3/t17-,23+/m0/s1. The number of benzene rings is 2. The Morgan fingerprint density at radius 2 is 1.90 bits per heavy atom. The second-order valence-electron chi connectivity index (χ2n) is 7.59. The van der Waals surface area contributed by atoms with Crippen LogP contribution >= 0.6 is 0 Å². The van der Waals surface area contributed by atoms with Gasteiger partial charge in [-0.15, -0.1) is 0 Å². The van der Waals surface area contributed by atoms with E-state index in [9.17, 15) is 9.18 Å². The maximum atomic E-state index is 13.2. The quantitative estimate of drug-likeness (QED) is 0.652. The molecule has 1 aliphatic rings. The molecule has 0 aliphatic carbocycles. The normalized spacial score (nSPS) is 18.8. The first-order valence-corrected chi connectivity index (χ1v) is 9.95. The SMILES string of the molecule is COc1ccc(CNC[C@@H]2CC(=O)N(C)[C@H]2c2cnn(-c3ccc(F)cc3)c2)cc1. The van der Waals surface area contributed by atoms with Gasteiger partial charge in [-0.3, -0.25) is 4.79 Å². The van der Waals surface area contributed by atoms with Crippen LogP contribution in [-0.2, 0) is 11.3 Å². The lowest BCUT2D eigenvalue weighted by Gasteiger charge is -2.24. The lowest BCUT2D eigenvalue weighted by Crippen LogP contribution is -2.28. The van der Waals surface area contributed by atoms with E-state index in [0.717, 1.165) is 29.1 Å². The highest BCUT2D eigenvalue weighted by atomic mass is 19.1. The number of aromatic nitrogens is 2. The predicted molar refractivity (Wildman–Crippen MR) is 112 cm³/mol. The number of ether oxygens (including phenoxy) is 1. The molecule has 1 aromatic heterocycles. The molecule has 4 rings (SSSR count). The maximum absolute atomic E-state index is 13.2. The first kappa shape index (κ1) is 20.1. The highest BCUT2D eigenvalue weighted by molar-refractivity contribution is 5.79. The van der Waals surface area contributed by atoms with Crippen molar-refractivity contribution >= 4 is 5.91 Å². The number of methoxy groups -OCH3 is 1. The van der Waals surface area contributed by atoms with Gasteiger partial charge in [-0.05, 0) is 42.0 Å². The van der Waals surface area contributed by atoms with Crippen molar-refractivity contribution in [2.24, 2.45) is 5.92 Å². The molecule has 156 valence electrons. The van der Waals surface area contributed by atoms with Gasteiger partial charge in [0.05, 0.1) is 25.0 Å². The number of nitrogens with one attached hydrogen (secondary N) is 1. The van der Waals surface area contributed by atoms with Crippen LogP contribution in [0.25, 0.3) is 5.69 Å². The third-order valence-corrected chi connectivity index (χ3v) is 5.62. The Morgan fingerprint density at radius 1 is 1.17 bits per heavy atom. The molecule has 3 aromatic rings. The van der Waals surface area contributed by atoms with Crippen molar-refractivity contribution in [2.75, 3.05) is 20.7 Å². The van der Waals surface area contributed by atoms with Gasteiger partial charge in [0, 0.05) is 44.2 Å². The van der Waals surface area contributed by atoms with E-state index in [1.165, 1.54) is 12.1 Å². The van der Waals surface area contributed by atoms with E-state index in [0.29, 0.717) is 13.0 Å². The summed E-state index contributed by atoms with van der Waals surface area (Å²) in [7, 11) is 3.49. The Morgan fingerprint density at radius 3 is 2.60 bits per heavy atom. The van der Waals surface area contributed by atoms with Crippen molar-refractivity contribution in [1.82, 2.24) is 20.0 Å². The number of carbonyl (C=O) groups excluding carboxylic acids is 1. The molecule has 1 amide bonds. The molecule has 0 saturated carbocycles. The summed E-state index contributed by atoms with van der Waals surface area (Å²) in [5.41, 5.74) is 2.92. The van der Waals surface area contributed by atoms with Gasteiger partial charge in [-0.1, -0.05) is 12.1 Å². The second-order valence-corrected chi connectivity index (χ2v) is 7.59. The van der Waals surface area contributed by atoms with Crippen LogP contribution in [-0.4, -0.2) is 41.3 Å². The van der Waals surface area contributed by atoms with Crippen LogP contribution in [0.5, 0.6) is 5.75 Å². The summed E-state index contributed by atoms with van der Waals surface area (Å²) in [5, 5.41) is 7.90. The first-order valence-electron chi connectivity index (χ1n) is 9.95. The molecular weight excluding hydrogens is 383 g/mol. The molecule has 0 bridgehead atoms. The Kier molecular flexibility index (Phi) is 5.81. The average molecular weight is 408 g/mol. The zero-order chi connectivity index (χ0) is 21.1. The van der Waals surface area contributed by atoms with Gasteiger partial charge in [0.15, 0.2) is 0 Å². The predicted octanol–water partition coefficient (Wildman–Crippen LogP) is 3.33. The molecule has 2 atom stereocenters. The molecule has 30 heavy (non-hydrogen) atoms. The van der Waals surface area contributed by atoms with E-state index in [2.05, 4.69) is 10.4 Å². The number of rotatable bonds is 7. The van der Waals surface area contributed by atoms with Crippen molar-refractivity contribution in [1.29, 1.82) is 0 Å². The highest BCUT2D eigenvalue weighted by Gasteiger charge is 2.38. The molecule has 0 spiro atoms. The lowest BCUT2D eigenvalue weighted by molar-refractivity contribution is -0.127. The molecule has 2 aromatic carbocycles. The highest BCUT2D eigenvalue weighted by Crippen LogP contribution is 2.36. The number of halogens is 1. The second kappa shape index (κ2) is 8.67. The third-order valence-electron chi connectivity index (χ3n) is 5.62. The van der Waals surface area contributed by atoms with Crippen LogP contribution in [0.2, 0.25) is 0 Å². The molecule has 1 saturated heterocycles. The summed E-state index contributed by atoms with van der Waals surface area (Å²) < 4.78 is 20.1. The number of nitrogens with zero attached hydrogens (tertiary/aromatic N) is 3. The molecule has 1 fully saturated rings. The summed E-state index contributed by atoms with van der Waals surface area (Å²) in [5.74, 6) is 0.827. The fourth-order valence-electron chi connectivity index (χ4n) is 4.00. The number of amides is 1. The molecule has 2 heterocycles. The fourth-order valence-corrected chi connectivity index (χ4v) is 4.00. The van der Waals surface area contributed by atoms with E-state index in [1.807, 2.05) is 37.5 Å². The van der Waals surface area contributed by atoms with E-state index >= 15 is 0 Å². The smallest absolute Gasteiger partial charge is 0.223 e. The van der Waals surface area contributed by atoms with Gasteiger partial charge in [0.2, 0.25) is 5.91 Å². The van der Waals surface area contributed by atoms with E-state index in [4.69, 9.17) is 4.74 Å². The summed E-state index contributed by atoms with van der Waals surface area (Å²) >= 11 is 0. The third kappa shape index (κ3) is 4.21. The van der Waals surface area contributed by atoms with Crippen molar-refractivity contribution in [2.45, 2.75) is 19.0 Å². The molecule has 7 heteroatoms. The largest absolute Gasteiger partial charge is 0.497 e. The van der Waals surface area contributed by atoms with Crippen LogP contribution in [0.3, 0.4) is 0 Å². The average Bonchev–Trinajstić information content (AvgIpc) is 3.34. The molecule has 1 aliphatic heterocycles. The minimum Gasteiger partial charge on any atom is -0.497 e. The van der Waals surface area contributed by atoms with Crippen molar-refractivity contribution < 1.29 is 13.9 Å². The van der Waals surface area contributed by atoms with Gasteiger partial charge in [0.1, 0.15) is 11.6 Å². The summed E-state index contributed by atoms with van der Waals surface area (Å²) in [4.78, 5) is 14.2. The molecule has 0 unspecified atom stereocenters. The number of carbonyl (C=O) groups is 1. The van der Waals surface area contributed by atoms with Crippen molar-refractivity contribution in [3.05, 3.63) is 77.9 Å². The van der Waals surface area contributed by atoms with Crippen LogP contribution in [0, 0.1) is 11.7 Å². The van der Waals surface area contributed by atoms with Gasteiger partial charge in [-0.25, -0.2) is 9.07 Å². The molecule has 6 nitrogen and oxygen atoms in total. The summed E-state index contributed by atoms with van der Waals surface area (Å²) in [6.07, 6.45) is 4.21. The van der Waals surface area contributed by atoms with E-state index in [-0.39, 0.29) is 23.7 Å². The zero-order valence-corrected chi connectivity index (χ0v) is 17.1. The number of hydrogen-bond acceptors (Lipinski definition) is 4. The van der Waals surface area contributed by atoms with Gasteiger partial charge < -0.3 is 15.0 Å². The van der Waals surface area contributed by atoms with Crippen LogP contribution in [0.4, 0.5) is 4.39 Å². The van der Waals surface area contributed by atoms with Gasteiger partial charge >= 0.3 is 0 Å². The Hall–Kier alpha value is -3.19. The van der Waals surface area contributed by atoms with Crippen LogP contribution in [0.1, 0.15) is 23.6 Å². The maximum Gasteiger partial charge on any atom is 0.223 e. The number of likely N-dealkylation sites (tertiary alicyclic amines) is 1. The summed E-state index contributed by atoms with van der Waals surface area (Å²) in [6.45, 7) is 1.44. The lowest BCUT2D eigenvalue weighted by atomic mass is 9.95. The minimum atomic E-state index is -0.282. The fraction of sp³-hybridized carbons (Fsp3) is 0.304. The van der Waals surface area contributed by atoms with Crippen LogP contribution < -0.4 is 10.1 Å². The van der Waals surface area contributed by atoms with Crippen molar-refractivity contribution in [3.63, 3.8) is 0 Å². The Bertz CT molecular complexity index is 1000. The Balaban J connectivity index is 1.44.